The molecule has 1 aliphatic heterocycles. The summed E-state index contributed by atoms with van der Waals surface area (Å²) in [6.07, 6.45) is -2.05. The van der Waals surface area contributed by atoms with Gasteiger partial charge in [0.15, 0.2) is 7.28 Å². The minimum atomic E-state index is -4.55. The predicted molar refractivity (Wildman–Crippen MR) is 85.2 cm³/mol. The molecule has 24 heavy (non-hydrogen) atoms. The Balaban J connectivity index is 2.06. The van der Waals surface area contributed by atoms with Gasteiger partial charge in [0.05, 0.1) is 5.25 Å². The van der Waals surface area contributed by atoms with Crippen molar-refractivity contribution >= 4 is 22.6 Å². The molecule has 0 saturated carbocycles. The van der Waals surface area contributed by atoms with Crippen LogP contribution < -0.4 is 0 Å². The summed E-state index contributed by atoms with van der Waals surface area (Å²) in [5.74, 6) is 0. The molecule has 0 saturated heterocycles. The van der Waals surface area contributed by atoms with E-state index in [1.807, 2.05) is 0 Å². The lowest BCUT2D eigenvalue weighted by Crippen LogP contribution is -2.25. The molecule has 3 unspecified atom stereocenters. The van der Waals surface area contributed by atoms with E-state index in [1.54, 1.807) is 0 Å². The number of halogens is 4. The largest absolute Gasteiger partial charge is 0.433 e. The van der Waals surface area contributed by atoms with E-state index in [9.17, 15) is 21.8 Å². The molecule has 10 heteroatoms. The number of hydrogen-bond donors (Lipinski definition) is 1. The fourth-order valence-corrected chi connectivity index (χ4v) is 3.39. The topological polar surface area (TPSA) is 66.2 Å². The number of allylic oxidation sites excluding steroid dienone is 1. The summed E-state index contributed by atoms with van der Waals surface area (Å²) >= 11 is 0. The van der Waals surface area contributed by atoms with Crippen molar-refractivity contribution in [2.45, 2.75) is 30.9 Å². The van der Waals surface area contributed by atoms with Crippen molar-refractivity contribution in [3.63, 3.8) is 0 Å². The minimum Gasteiger partial charge on any atom is -0.276 e. The predicted octanol–water partition coefficient (Wildman–Crippen LogP) is 3.52. The molecule has 0 bridgehead atoms. The first-order valence-corrected chi connectivity index (χ1v) is 8.88. The molecule has 0 aromatic carbocycles. The van der Waals surface area contributed by atoms with E-state index >= 15 is 0 Å². The highest BCUT2D eigenvalue weighted by atomic mass is 32.2. The van der Waals surface area contributed by atoms with Gasteiger partial charge in [-0.15, -0.1) is 0 Å². The van der Waals surface area contributed by atoms with Crippen molar-refractivity contribution in [1.82, 2.24) is 4.98 Å². The Morgan fingerprint density at radius 3 is 2.71 bits per heavy atom. The van der Waals surface area contributed by atoms with Gasteiger partial charge < -0.3 is 0 Å². The van der Waals surface area contributed by atoms with Gasteiger partial charge in [0.2, 0.25) is 0 Å². The number of nitrogens with one attached hydrogen (secondary N) is 1. The normalized spacial score (nSPS) is 21.7. The molecule has 0 spiro atoms. The zero-order valence-electron chi connectivity index (χ0n) is 12.8. The molecule has 1 aromatic heterocycles. The Labute approximate surface area is 138 Å². The quantitative estimate of drug-likeness (QED) is 0.645. The maximum atomic E-state index is 13.2. The smallest absolute Gasteiger partial charge is 0.276 e. The number of alkyl halides is 4. The minimum absolute atomic E-state index is 0.0578. The third-order valence-electron chi connectivity index (χ3n) is 3.62. The summed E-state index contributed by atoms with van der Waals surface area (Å²) in [6, 6.07) is 1.97. The summed E-state index contributed by atoms with van der Waals surface area (Å²) in [7, 11) is -1.74. The van der Waals surface area contributed by atoms with Crippen molar-refractivity contribution in [2.24, 2.45) is 4.99 Å². The maximum absolute atomic E-state index is 13.2. The van der Waals surface area contributed by atoms with E-state index in [1.165, 1.54) is 32.5 Å². The van der Waals surface area contributed by atoms with Gasteiger partial charge in [-0.25, -0.2) is 4.39 Å². The van der Waals surface area contributed by atoms with E-state index in [2.05, 4.69) is 9.98 Å². The highest BCUT2D eigenvalue weighted by molar-refractivity contribution is 7.94. The Kier molecular flexibility index (Phi) is 5.47. The van der Waals surface area contributed by atoms with E-state index in [-0.39, 0.29) is 17.6 Å². The molecule has 1 aromatic rings. The average Bonchev–Trinajstić information content (AvgIpc) is 2.52. The fourth-order valence-electron chi connectivity index (χ4n) is 2.09. The fraction of sp³-hybridized carbons (Fsp3) is 0.429. The molecule has 0 amide bonds. The van der Waals surface area contributed by atoms with Crippen LogP contribution in [0, 0.1) is 4.78 Å². The van der Waals surface area contributed by atoms with Crippen LogP contribution in [0.2, 0.25) is 0 Å². The zero-order valence-corrected chi connectivity index (χ0v) is 13.6. The van der Waals surface area contributed by atoms with Gasteiger partial charge in [-0.05, 0) is 30.2 Å². The number of aliphatic imine (C=N–C) groups is 1. The second kappa shape index (κ2) is 7.04. The first-order valence-electron chi connectivity index (χ1n) is 7.08. The Morgan fingerprint density at radius 1 is 1.46 bits per heavy atom. The van der Waals surface area contributed by atoms with Gasteiger partial charge in [0.1, 0.15) is 11.9 Å². The van der Waals surface area contributed by atoms with Crippen LogP contribution in [0.3, 0.4) is 0 Å². The van der Waals surface area contributed by atoms with Gasteiger partial charge in [-0.3, -0.25) is 19.0 Å². The molecule has 129 valence electrons. The molecule has 2 heterocycles. The summed E-state index contributed by atoms with van der Waals surface area (Å²) < 4.78 is 71.2. The summed E-state index contributed by atoms with van der Waals surface area (Å²) in [4.78, 5) is 7.27. The summed E-state index contributed by atoms with van der Waals surface area (Å²) in [5.41, 5.74) is -0.513. The van der Waals surface area contributed by atoms with Crippen LogP contribution in [0.1, 0.15) is 29.9 Å². The zero-order chi connectivity index (χ0) is 18.0. The van der Waals surface area contributed by atoms with E-state index in [0.717, 1.165) is 12.3 Å². The molecular formula is C14H15BF4N3OS. The lowest BCUT2D eigenvalue weighted by molar-refractivity contribution is -0.141. The Hall–Kier alpha value is -1.71. The standard InChI is InChI=1S/C14H15BF4N3OS/c1-9(10-2-3-12(22-7-10)14(17,18)19)24(20,23)8-15-13-6-11(16)4-5-21-13/h2-5,7,9,11,20H,6,8H2,1H3. The van der Waals surface area contributed by atoms with Crippen LogP contribution >= 0.6 is 0 Å². The third-order valence-corrected chi connectivity index (χ3v) is 5.70. The Bertz CT molecular complexity index is 744. The number of hydrogen-bond acceptors (Lipinski definition) is 4. The molecule has 4 nitrogen and oxygen atoms in total. The summed E-state index contributed by atoms with van der Waals surface area (Å²) in [6.45, 7) is 1.49. The van der Waals surface area contributed by atoms with Crippen molar-refractivity contribution in [3.8, 4) is 0 Å². The number of rotatable bonds is 5. The highest BCUT2D eigenvalue weighted by Gasteiger charge is 2.32. The van der Waals surface area contributed by atoms with Gasteiger partial charge >= 0.3 is 6.18 Å². The molecule has 1 aliphatic rings. The monoisotopic (exact) mass is 360 g/mol. The number of nitrogens with zero attached hydrogens (tertiary/aromatic N) is 2. The first kappa shape index (κ1) is 18.6. The van der Waals surface area contributed by atoms with Gasteiger partial charge in [0, 0.05) is 34.2 Å². The van der Waals surface area contributed by atoms with Crippen molar-refractivity contribution in [1.29, 1.82) is 4.78 Å². The van der Waals surface area contributed by atoms with Crippen LogP contribution in [-0.2, 0) is 15.9 Å². The Morgan fingerprint density at radius 2 is 2.17 bits per heavy atom. The van der Waals surface area contributed by atoms with Crippen molar-refractivity contribution in [3.05, 3.63) is 41.9 Å². The molecule has 0 aliphatic carbocycles. The van der Waals surface area contributed by atoms with Crippen molar-refractivity contribution < 1.29 is 21.8 Å². The first-order chi connectivity index (χ1) is 11.1. The molecule has 0 fully saturated rings. The number of pyridine rings is 1. The molecular weight excluding hydrogens is 345 g/mol. The molecule has 2 rings (SSSR count). The lowest BCUT2D eigenvalue weighted by atomic mass is 9.72. The average molecular weight is 360 g/mol. The third kappa shape index (κ3) is 4.65. The van der Waals surface area contributed by atoms with Gasteiger partial charge in [0.25, 0.3) is 0 Å². The van der Waals surface area contributed by atoms with Crippen LogP contribution in [-0.4, -0.2) is 33.9 Å². The highest BCUT2D eigenvalue weighted by Crippen LogP contribution is 2.29. The van der Waals surface area contributed by atoms with E-state index < -0.39 is 33.0 Å². The van der Waals surface area contributed by atoms with E-state index in [4.69, 9.17) is 4.78 Å². The maximum Gasteiger partial charge on any atom is 0.433 e. The second-order valence-corrected chi connectivity index (χ2v) is 7.89. The van der Waals surface area contributed by atoms with Crippen molar-refractivity contribution in [2.75, 3.05) is 5.65 Å². The lowest BCUT2D eigenvalue weighted by Gasteiger charge is -2.17. The second-order valence-electron chi connectivity index (χ2n) is 5.40. The summed E-state index contributed by atoms with van der Waals surface area (Å²) in [5, 5.41) is -0.815. The van der Waals surface area contributed by atoms with Crippen LogP contribution in [0.15, 0.2) is 35.6 Å². The van der Waals surface area contributed by atoms with Crippen LogP contribution in [0.25, 0.3) is 0 Å². The number of aromatic nitrogens is 1. The van der Waals surface area contributed by atoms with E-state index in [0.29, 0.717) is 5.61 Å². The SMILES string of the molecule is CC(c1ccc(C(F)(F)F)nc1)S(=N)(=O)C[B]C1=NC=CC(F)C1. The van der Waals surface area contributed by atoms with Gasteiger partial charge in [-0.2, -0.15) is 13.2 Å². The molecule has 3 atom stereocenters. The molecule has 1 radical (unpaired) electrons. The van der Waals surface area contributed by atoms with Crippen LogP contribution in [0.5, 0.6) is 0 Å². The van der Waals surface area contributed by atoms with Crippen LogP contribution in [0.4, 0.5) is 17.6 Å². The van der Waals surface area contributed by atoms with Gasteiger partial charge in [-0.1, -0.05) is 6.07 Å². The molecule has 1 N–H and O–H groups in total.